The Bertz CT molecular complexity index is 383. The highest BCUT2D eigenvalue weighted by molar-refractivity contribution is 5.80. The summed E-state index contributed by atoms with van der Waals surface area (Å²) in [6.07, 6.45) is 15.0. The number of aliphatic hydroxyl groups is 1. The summed E-state index contributed by atoms with van der Waals surface area (Å²) in [5.74, 6) is -1.92. The van der Waals surface area contributed by atoms with Gasteiger partial charge in [0.15, 0.2) is 12.2 Å². The number of carbonyl (C=O) groups excluding carboxylic acids is 1. The molecule has 0 bridgehead atoms. The molecule has 0 amide bonds. The first-order valence-corrected chi connectivity index (χ1v) is 11.6. The van der Waals surface area contributed by atoms with E-state index in [1.165, 1.54) is 57.8 Å². The van der Waals surface area contributed by atoms with Crippen LogP contribution in [0.15, 0.2) is 0 Å². The Morgan fingerprint density at radius 2 is 1.07 bits per heavy atom. The molecule has 0 heterocycles. The van der Waals surface area contributed by atoms with Crippen LogP contribution in [0, 0.1) is 0 Å². The van der Waals surface area contributed by atoms with Gasteiger partial charge >= 0.3 is 11.9 Å². The van der Waals surface area contributed by atoms with Crippen molar-refractivity contribution in [2.45, 2.75) is 135 Å². The Kier molecular flexibility index (Phi) is 18.5. The maximum atomic E-state index is 12.0. The second kappa shape index (κ2) is 19.2. The molecule has 0 radical (unpaired) electrons. The predicted octanol–water partition coefficient (Wildman–Crippen LogP) is 6.02. The number of aliphatic hydroxyl groups excluding tert-OH is 1. The highest BCUT2D eigenvalue weighted by Gasteiger charge is 2.25. The normalized spacial score (nSPS) is 13.2. The number of carboxylic acids is 1. The van der Waals surface area contributed by atoms with E-state index in [1.807, 2.05) is 0 Å². The number of esters is 1. The van der Waals surface area contributed by atoms with Gasteiger partial charge < -0.3 is 14.9 Å². The predicted molar refractivity (Wildman–Crippen MR) is 113 cm³/mol. The highest BCUT2D eigenvalue weighted by Crippen LogP contribution is 2.14. The molecule has 0 aromatic carbocycles. The Balaban J connectivity index is 3.87. The topological polar surface area (TPSA) is 83.8 Å². The number of hydrogen-bond acceptors (Lipinski definition) is 4. The number of hydrogen-bond donors (Lipinski definition) is 2. The fourth-order valence-electron chi connectivity index (χ4n) is 3.33. The smallest absolute Gasteiger partial charge is 0.345 e. The van der Waals surface area contributed by atoms with Crippen molar-refractivity contribution in [1.82, 2.24) is 0 Å². The maximum absolute atomic E-state index is 12.0. The molecule has 5 heteroatoms. The van der Waals surface area contributed by atoms with Gasteiger partial charge in [0.25, 0.3) is 0 Å². The van der Waals surface area contributed by atoms with E-state index in [1.54, 1.807) is 0 Å². The first kappa shape index (κ1) is 26.9. The van der Waals surface area contributed by atoms with Crippen molar-refractivity contribution in [1.29, 1.82) is 0 Å². The lowest BCUT2D eigenvalue weighted by molar-refractivity contribution is -0.170. The zero-order valence-electron chi connectivity index (χ0n) is 18.3. The molecule has 0 aromatic heterocycles. The first-order chi connectivity index (χ1) is 13.5. The summed E-state index contributed by atoms with van der Waals surface area (Å²) in [6, 6.07) is 0. The number of carboxylic acid groups (broad SMARTS) is 1. The Labute approximate surface area is 172 Å². The van der Waals surface area contributed by atoms with E-state index in [4.69, 9.17) is 4.74 Å². The van der Waals surface area contributed by atoms with Crippen molar-refractivity contribution in [2.24, 2.45) is 0 Å². The van der Waals surface area contributed by atoms with Crippen LogP contribution in [0.4, 0.5) is 0 Å². The third kappa shape index (κ3) is 15.9. The quantitative estimate of drug-likeness (QED) is 0.193. The molecule has 5 nitrogen and oxygen atoms in total. The summed E-state index contributed by atoms with van der Waals surface area (Å²) in [7, 11) is 0. The molecule has 0 aliphatic rings. The zero-order chi connectivity index (χ0) is 21.0. The average Bonchev–Trinajstić information content (AvgIpc) is 2.67. The van der Waals surface area contributed by atoms with Gasteiger partial charge in [-0.2, -0.15) is 0 Å². The molecule has 2 N–H and O–H groups in total. The van der Waals surface area contributed by atoms with E-state index in [-0.39, 0.29) is 0 Å². The molecular weight excluding hydrogens is 356 g/mol. The van der Waals surface area contributed by atoms with Gasteiger partial charge in [0, 0.05) is 0 Å². The van der Waals surface area contributed by atoms with Crippen molar-refractivity contribution in [3.05, 3.63) is 0 Å². The second-order valence-corrected chi connectivity index (χ2v) is 7.95. The Hall–Kier alpha value is -1.10. The molecule has 0 fully saturated rings. The molecule has 166 valence electrons. The lowest BCUT2D eigenvalue weighted by atomic mass is 10.1. The van der Waals surface area contributed by atoms with E-state index in [0.29, 0.717) is 12.8 Å². The second-order valence-electron chi connectivity index (χ2n) is 7.95. The number of carbonyl (C=O) groups is 2. The largest absolute Gasteiger partial charge is 0.479 e. The van der Waals surface area contributed by atoms with Crippen molar-refractivity contribution in [2.75, 3.05) is 0 Å². The minimum atomic E-state index is -1.21. The van der Waals surface area contributed by atoms with Crippen LogP contribution < -0.4 is 0 Å². The van der Waals surface area contributed by atoms with Crippen molar-refractivity contribution < 1.29 is 24.5 Å². The monoisotopic (exact) mass is 400 g/mol. The van der Waals surface area contributed by atoms with Crippen LogP contribution >= 0.6 is 0 Å². The van der Waals surface area contributed by atoms with Crippen molar-refractivity contribution >= 4 is 11.9 Å². The van der Waals surface area contributed by atoms with Crippen LogP contribution in [0.1, 0.15) is 123 Å². The number of ether oxygens (including phenoxy) is 1. The Morgan fingerprint density at radius 3 is 1.50 bits per heavy atom. The number of rotatable bonds is 20. The van der Waals surface area contributed by atoms with Gasteiger partial charge in [-0.05, 0) is 19.3 Å². The molecule has 0 saturated carbocycles. The van der Waals surface area contributed by atoms with E-state index in [9.17, 15) is 19.8 Å². The minimum absolute atomic E-state index is 0.319. The van der Waals surface area contributed by atoms with Gasteiger partial charge in [0.1, 0.15) is 0 Å². The van der Waals surface area contributed by atoms with Gasteiger partial charge in [-0.3, -0.25) is 0 Å². The summed E-state index contributed by atoms with van der Waals surface area (Å²) in [5.41, 5.74) is 0. The summed E-state index contributed by atoms with van der Waals surface area (Å²) in [6.45, 7) is 4.37. The van der Waals surface area contributed by atoms with Crippen LogP contribution in [0.3, 0.4) is 0 Å². The lowest BCUT2D eigenvalue weighted by Gasteiger charge is -2.16. The van der Waals surface area contributed by atoms with E-state index < -0.39 is 24.1 Å². The standard InChI is InChI=1S/C23H44O5/c1-3-5-7-9-11-13-14-16-18-20(24)23(27)28-21(22(25)26)19-17-15-12-10-8-6-4-2/h20-21,24H,3-19H2,1-2H3,(H,25,26). The first-order valence-electron chi connectivity index (χ1n) is 11.6. The fourth-order valence-corrected chi connectivity index (χ4v) is 3.33. The van der Waals surface area contributed by atoms with Gasteiger partial charge in [-0.15, -0.1) is 0 Å². The highest BCUT2D eigenvalue weighted by atomic mass is 16.6. The SMILES string of the molecule is CCCCCCCCCCC(O)C(=O)OC(CCCCCCCCC)C(=O)O. The summed E-state index contributed by atoms with van der Waals surface area (Å²) in [4.78, 5) is 23.3. The van der Waals surface area contributed by atoms with Gasteiger partial charge in [0.2, 0.25) is 0 Å². The van der Waals surface area contributed by atoms with E-state index in [0.717, 1.165) is 38.5 Å². The molecule has 0 aliphatic carbocycles. The molecule has 0 rings (SSSR count). The number of unbranched alkanes of at least 4 members (excludes halogenated alkanes) is 13. The average molecular weight is 401 g/mol. The lowest BCUT2D eigenvalue weighted by Crippen LogP contribution is -2.32. The van der Waals surface area contributed by atoms with Gasteiger partial charge in [-0.1, -0.05) is 104 Å². The van der Waals surface area contributed by atoms with Gasteiger partial charge in [-0.25, -0.2) is 9.59 Å². The number of aliphatic carboxylic acids is 1. The van der Waals surface area contributed by atoms with Crippen LogP contribution in [0.5, 0.6) is 0 Å². The van der Waals surface area contributed by atoms with Crippen LogP contribution in [0.25, 0.3) is 0 Å². The molecule has 2 unspecified atom stereocenters. The van der Waals surface area contributed by atoms with Crippen molar-refractivity contribution in [3.8, 4) is 0 Å². The Morgan fingerprint density at radius 1 is 0.679 bits per heavy atom. The molecule has 2 atom stereocenters. The summed E-state index contributed by atoms with van der Waals surface area (Å²) in [5, 5.41) is 19.2. The molecule has 0 aromatic rings. The molecular formula is C23H44O5. The fraction of sp³-hybridized carbons (Fsp3) is 0.913. The minimum Gasteiger partial charge on any atom is -0.479 e. The van der Waals surface area contributed by atoms with Gasteiger partial charge in [0.05, 0.1) is 0 Å². The molecule has 0 aliphatic heterocycles. The molecule has 28 heavy (non-hydrogen) atoms. The molecule has 0 saturated heterocycles. The van der Waals surface area contributed by atoms with Crippen molar-refractivity contribution in [3.63, 3.8) is 0 Å². The third-order valence-electron chi connectivity index (χ3n) is 5.21. The van der Waals surface area contributed by atoms with Crippen LogP contribution in [-0.4, -0.2) is 34.4 Å². The summed E-state index contributed by atoms with van der Waals surface area (Å²) >= 11 is 0. The van der Waals surface area contributed by atoms with Crippen LogP contribution in [-0.2, 0) is 14.3 Å². The maximum Gasteiger partial charge on any atom is 0.345 e. The molecule has 0 spiro atoms. The van der Waals surface area contributed by atoms with E-state index >= 15 is 0 Å². The zero-order valence-corrected chi connectivity index (χ0v) is 18.3. The van der Waals surface area contributed by atoms with E-state index in [2.05, 4.69) is 13.8 Å². The third-order valence-corrected chi connectivity index (χ3v) is 5.21. The van der Waals surface area contributed by atoms with Crippen LogP contribution in [0.2, 0.25) is 0 Å². The summed E-state index contributed by atoms with van der Waals surface area (Å²) < 4.78 is 5.05.